The first-order valence-corrected chi connectivity index (χ1v) is 11.0. The number of esters is 1. The van der Waals surface area contributed by atoms with Gasteiger partial charge in [-0.1, -0.05) is 29.8 Å². The topological polar surface area (TPSA) is 157 Å². The van der Waals surface area contributed by atoms with Gasteiger partial charge in [0.15, 0.2) is 5.96 Å². The summed E-state index contributed by atoms with van der Waals surface area (Å²) in [7, 11) is 0. The van der Waals surface area contributed by atoms with Gasteiger partial charge in [-0.15, -0.1) is 12.4 Å². The lowest BCUT2D eigenvalue weighted by molar-refractivity contribution is -0.141. The Morgan fingerprint density at radius 3 is 2.24 bits per heavy atom. The Morgan fingerprint density at radius 2 is 1.68 bits per heavy atom. The number of aliphatic imine (C=N–C) groups is 1. The summed E-state index contributed by atoms with van der Waals surface area (Å²) in [5, 5.41) is 12.0. The SMILES string of the molecule is Cl.NC(N)=Nc1ccc(C(=O)Oc2ccc(CC(=O)N[C@@H](Cc3ccc(F)cc3)C(=O)O)c(Cl)c2)cc1. The number of rotatable bonds is 9. The lowest BCUT2D eigenvalue weighted by atomic mass is 10.1. The van der Waals surface area contributed by atoms with Crippen molar-refractivity contribution in [3.63, 3.8) is 0 Å². The number of carbonyl (C=O) groups is 3. The van der Waals surface area contributed by atoms with E-state index in [2.05, 4.69) is 10.3 Å². The highest BCUT2D eigenvalue weighted by Crippen LogP contribution is 2.24. The molecule has 3 aromatic carbocycles. The van der Waals surface area contributed by atoms with Crippen LogP contribution in [0.2, 0.25) is 5.02 Å². The first-order valence-electron chi connectivity index (χ1n) is 10.6. The Labute approximate surface area is 222 Å². The molecule has 12 heteroatoms. The largest absolute Gasteiger partial charge is 0.480 e. The zero-order chi connectivity index (χ0) is 26.2. The quantitative estimate of drug-likeness (QED) is 0.138. The molecule has 0 aromatic heterocycles. The lowest BCUT2D eigenvalue weighted by Gasteiger charge is -2.15. The van der Waals surface area contributed by atoms with Crippen LogP contribution in [-0.2, 0) is 22.4 Å². The van der Waals surface area contributed by atoms with E-state index in [0.717, 1.165) is 0 Å². The van der Waals surface area contributed by atoms with Crippen molar-refractivity contribution in [1.29, 1.82) is 0 Å². The van der Waals surface area contributed by atoms with E-state index in [4.69, 9.17) is 27.8 Å². The molecule has 0 saturated carbocycles. The molecule has 3 aromatic rings. The zero-order valence-corrected chi connectivity index (χ0v) is 20.8. The number of amides is 1. The van der Waals surface area contributed by atoms with E-state index < -0.39 is 29.7 Å². The molecule has 37 heavy (non-hydrogen) atoms. The molecule has 1 atom stereocenters. The Kier molecular flexibility index (Phi) is 10.4. The molecular formula is C25H23Cl2FN4O5. The fraction of sp³-hybridized carbons (Fsp3) is 0.120. The zero-order valence-electron chi connectivity index (χ0n) is 19.2. The van der Waals surface area contributed by atoms with Crippen LogP contribution in [0.25, 0.3) is 0 Å². The molecule has 6 N–H and O–H groups in total. The maximum absolute atomic E-state index is 13.1. The van der Waals surface area contributed by atoms with Gasteiger partial charge in [-0.2, -0.15) is 0 Å². The maximum atomic E-state index is 13.1. The van der Waals surface area contributed by atoms with Crippen molar-refractivity contribution in [3.8, 4) is 5.75 Å². The molecule has 0 aliphatic carbocycles. The minimum atomic E-state index is -1.23. The number of nitrogens with two attached hydrogens (primary N) is 2. The smallest absolute Gasteiger partial charge is 0.343 e. The van der Waals surface area contributed by atoms with Gasteiger partial charge in [0.1, 0.15) is 17.6 Å². The molecule has 0 radical (unpaired) electrons. The van der Waals surface area contributed by atoms with Crippen LogP contribution in [0.5, 0.6) is 5.75 Å². The van der Waals surface area contributed by atoms with E-state index in [1.807, 2.05) is 0 Å². The van der Waals surface area contributed by atoms with Crippen molar-refractivity contribution in [2.75, 3.05) is 0 Å². The van der Waals surface area contributed by atoms with Crippen molar-refractivity contribution >= 4 is 53.5 Å². The Balaban J connectivity index is 0.00000481. The number of carboxylic acids is 1. The van der Waals surface area contributed by atoms with Gasteiger partial charge >= 0.3 is 11.9 Å². The summed E-state index contributed by atoms with van der Waals surface area (Å²) in [6.45, 7) is 0. The molecule has 194 valence electrons. The van der Waals surface area contributed by atoms with E-state index in [1.54, 1.807) is 12.1 Å². The number of carboxylic acid groups (broad SMARTS) is 1. The highest BCUT2D eigenvalue weighted by atomic mass is 35.5. The van der Waals surface area contributed by atoms with Gasteiger partial charge in [0.2, 0.25) is 5.91 Å². The summed E-state index contributed by atoms with van der Waals surface area (Å²) >= 11 is 6.25. The Bertz CT molecular complexity index is 1300. The number of benzene rings is 3. The summed E-state index contributed by atoms with van der Waals surface area (Å²) in [6.07, 6.45) is -0.219. The Hall–Kier alpha value is -4.15. The molecule has 0 fully saturated rings. The summed E-state index contributed by atoms with van der Waals surface area (Å²) in [6, 6.07) is 14.6. The lowest BCUT2D eigenvalue weighted by Crippen LogP contribution is -2.43. The van der Waals surface area contributed by atoms with Gasteiger partial charge in [-0.25, -0.2) is 19.0 Å². The fourth-order valence-electron chi connectivity index (χ4n) is 3.20. The highest BCUT2D eigenvalue weighted by molar-refractivity contribution is 6.31. The van der Waals surface area contributed by atoms with Crippen LogP contribution < -0.4 is 21.5 Å². The molecule has 0 spiro atoms. The minimum Gasteiger partial charge on any atom is -0.480 e. The van der Waals surface area contributed by atoms with Crippen molar-refractivity contribution in [1.82, 2.24) is 5.32 Å². The molecule has 3 rings (SSSR count). The monoisotopic (exact) mass is 548 g/mol. The van der Waals surface area contributed by atoms with Crippen LogP contribution in [0.1, 0.15) is 21.5 Å². The minimum absolute atomic E-state index is 0. The molecule has 1 amide bonds. The first-order chi connectivity index (χ1) is 17.1. The van der Waals surface area contributed by atoms with E-state index >= 15 is 0 Å². The molecule has 0 heterocycles. The predicted molar refractivity (Wildman–Crippen MR) is 139 cm³/mol. The number of halogens is 3. The second kappa shape index (κ2) is 13.2. The van der Waals surface area contributed by atoms with Gasteiger partial charge in [0.25, 0.3) is 0 Å². The molecule has 0 aliphatic heterocycles. The molecule has 0 bridgehead atoms. The van der Waals surface area contributed by atoms with Crippen molar-refractivity contribution in [2.45, 2.75) is 18.9 Å². The van der Waals surface area contributed by atoms with Gasteiger partial charge in [-0.05, 0) is 59.7 Å². The average molecular weight is 549 g/mol. The third-order valence-electron chi connectivity index (χ3n) is 4.93. The number of aliphatic carboxylic acids is 1. The van der Waals surface area contributed by atoms with E-state index in [-0.39, 0.29) is 47.5 Å². The molecule has 0 aliphatic rings. The second-order valence-electron chi connectivity index (χ2n) is 7.69. The molecule has 0 unspecified atom stereocenters. The highest BCUT2D eigenvalue weighted by Gasteiger charge is 2.21. The standard InChI is InChI=1S/C25H22ClFN4O5.ClH/c26-20-13-19(36-24(35)15-3-8-18(9-4-15)30-25(28)29)10-5-16(20)12-22(32)31-21(23(33)34)11-14-1-6-17(27)7-2-14;/h1-10,13,21H,11-12H2,(H,31,32)(H,33,34)(H4,28,29,30);1H/t21-;/m0./s1. The van der Waals surface area contributed by atoms with E-state index in [9.17, 15) is 23.9 Å². The third kappa shape index (κ3) is 8.78. The van der Waals surface area contributed by atoms with Crippen LogP contribution in [-0.4, -0.2) is 35.0 Å². The Morgan fingerprint density at radius 1 is 1.03 bits per heavy atom. The number of carbonyl (C=O) groups excluding carboxylic acids is 2. The summed E-state index contributed by atoms with van der Waals surface area (Å²) in [5.74, 6) is -2.84. The van der Waals surface area contributed by atoms with Gasteiger partial charge in [0, 0.05) is 11.4 Å². The number of nitrogens with one attached hydrogen (secondary N) is 1. The van der Waals surface area contributed by atoms with Crippen molar-refractivity contribution in [3.05, 3.63) is 94.3 Å². The van der Waals surface area contributed by atoms with Gasteiger partial charge < -0.3 is 26.6 Å². The normalized spacial score (nSPS) is 11.0. The number of hydrogen-bond donors (Lipinski definition) is 4. The van der Waals surface area contributed by atoms with E-state index in [1.165, 1.54) is 54.6 Å². The average Bonchev–Trinajstić information content (AvgIpc) is 2.81. The number of guanidine groups is 1. The van der Waals surface area contributed by atoms with Crippen LogP contribution in [0.4, 0.5) is 10.1 Å². The maximum Gasteiger partial charge on any atom is 0.343 e. The first kappa shape index (κ1) is 29.1. The number of hydrogen-bond acceptors (Lipinski definition) is 5. The third-order valence-corrected chi connectivity index (χ3v) is 5.29. The summed E-state index contributed by atoms with van der Waals surface area (Å²) < 4.78 is 18.4. The molecule has 9 nitrogen and oxygen atoms in total. The van der Waals surface area contributed by atoms with Crippen LogP contribution in [0.3, 0.4) is 0 Å². The van der Waals surface area contributed by atoms with Gasteiger partial charge in [-0.3, -0.25) is 4.79 Å². The van der Waals surface area contributed by atoms with Crippen molar-refractivity contribution in [2.24, 2.45) is 16.5 Å². The summed E-state index contributed by atoms with van der Waals surface area (Å²) in [4.78, 5) is 40.3. The summed E-state index contributed by atoms with van der Waals surface area (Å²) in [5.41, 5.74) is 12.3. The van der Waals surface area contributed by atoms with E-state index in [0.29, 0.717) is 16.8 Å². The van der Waals surface area contributed by atoms with Crippen LogP contribution >= 0.6 is 24.0 Å². The molecule has 0 saturated heterocycles. The number of nitrogens with zero attached hydrogens (tertiary/aromatic N) is 1. The molecular weight excluding hydrogens is 526 g/mol. The van der Waals surface area contributed by atoms with Crippen LogP contribution in [0, 0.1) is 5.82 Å². The number of ether oxygens (including phenoxy) is 1. The van der Waals surface area contributed by atoms with Gasteiger partial charge in [0.05, 0.1) is 17.7 Å². The van der Waals surface area contributed by atoms with Crippen molar-refractivity contribution < 1.29 is 28.6 Å². The predicted octanol–water partition coefficient (Wildman–Crippen LogP) is 3.38. The van der Waals surface area contributed by atoms with Crippen LogP contribution in [0.15, 0.2) is 71.7 Å². The fourth-order valence-corrected chi connectivity index (χ4v) is 3.43. The second-order valence-corrected chi connectivity index (χ2v) is 8.10.